The molecule has 1 aromatic carbocycles. The van der Waals surface area contributed by atoms with Crippen LogP contribution in [0.3, 0.4) is 0 Å². The van der Waals surface area contributed by atoms with Gasteiger partial charge in [0.2, 0.25) is 0 Å². The summed E-state index contributed by atoms with van der Waals surface area (Å²) in [5.74, 6) is 0.453. The molecule has 0 N–H and O–H groups in total. The van der Waals surface area contributed by atoms with Gasteiger partial charge in [-0.05, 0) is 31.0 Å². The largest absolute Gasteiger partial charge is 0.426 e. The molecule has 0 aliphatic heterocycles. The van der Waals surface area contributed by atoms with Gasteiger partial charge in [0.25, 0.3) is 0 Å². The monoisotopic (exact) mass is 290 g/mol. The third-order valence-corrected chi connectivity index (χ3v) is 3.63. The van der Waals surface area contributed by atoms with Gasteiger partial charge in [0.1, 0.15) is 11.5 Å². The smallest absolute Gasteiger partial charge is 0.308 e. The van der Waals surface area contributed by atoms with Crippen molar-refractivity contribution in [3.8, 4) is 5.75 Å². The van der Waals surface area contributed by atoms with Gasteiger partial charge in [-0.3, -0.25) is 9.59 Å². The molecule has 0 saturated heterocycles. The Labute approximate surface area is 127 Å². The van der Waals surface area contributed by atoms with Crippen LogP contribution in [-0.2, 0) is 15.0 Å². The first kappa shape index (κ1) is 17.4. The second kappa shape index (κ2) is 6.42. The number of ether oxygens (including phenoxy) is 1. The summed E-state index contributed by atoms with van der Waals surface area (Å²) >= 11 is 0. The van der Waals surface area contributed by atoms with Crippen LogP contribution < -0.4 is 4.74 Å². The van der Waals surface area contributed by atoms with Gasteiger partial charge in [0.15, 0.2) is 0 Å². The van der Waals surface area contributed by atoms with Gasteiger partial charge >= 0.3 is 5.97 Å². The lowest BCUT2D eigenvalue weighted by Crippen LogP contribution is -2.26. The molecule has 0 saturated carbocycles. The van der Waals surface area contributed by atoms with Crippen molar-refractivity contribution < 1.29 is 14.3 Å². The average molecular weight is 290 g/mol. The Hall–Kier alpha value is -1.64. The van der Waals surface area contributed by atoms with E-state index in [0.717, 1.165) is 16.7 Å². The molecule has 0 radical (unpaired) electrons. The normalized spacial score (nSPS) is 11.6. The Morgan fingerprint density at radius 2 is 1.76 bits per heavy atom. The van der Waals surface area contributed by atoms with Crippen LogP contribution in [0.15, 0.2) is 12.1 Å². The molecule has 3 nitrogen and oxygen atoms in total. The fourth-order valence-electron chi connectivity index (χ4n) is 2.76. The number of esters is 1. The van der Waals surface area contributed by atoms with E-state index in [4.69, 9.17) is 4.74 Å². The van der Waals surface area contributed by atoms with Crippen LogP contribution in [0.2, 0.25) is 0 Å². The molecule has 21 heavy (non-hydrogen) atoms. The second-order valence-electron chi connectivity index (χ2n) is 6.73. The SMILES string of the molecule is CC(=O)Oc1cc(C)cc(C)c1C(C)(C)CC(=O)C(C)C. The molecular weight excluding hydrogens is 264 g/mol. The minimum Gasteiger partial charge on any atom is -0.426 e. The predicted molar refractivity (Wildman–Crippen MR) is 84.7 cm³/mol. The summed E-state index contributed by atoms with van der Waals surface area (Å²) < 4.78 is 5.39. The van der Waals surface area contributed by atoms with Crippen LogP contribution in [0.25, 0.3) is 0 Å². The third-order valence-electron chi connectivity index (χ3n) is 3.63. The molecule has 0 aliphatic rings. The molecule has 0 atom stereocenters. The van der Waals surface area contributed by atoms with Crippen LogP contribution in [0.5, 0.6) is 5.75 Å². The Bertz CT molecular complexity index is 554. The van der Waals surface area contributed by atoms with E-state index in [9.17, 15) is 9.59 Å². The first-order chi connectivity index (χ1) is 9.54. The van der Waals surface area contributed by atoms with Crippen molar-refractivity contribution in [2.75, 3.05) is 0 Å². The van der Waals surface area contributed by atoms with E-state index in [1.54, 1.807) is 0 Å². The molecule has 3 heteroatoms. The first-order valence-electron chi connectivity index (χ1n) is 7.37. The lowest BCUT2D eigenvalue weighted by molar-refractivity contribution is -0.131. The summed E-state index contributed by atoms with van der Waals surface area (Å²) in [5, 5.41) is 0. The van der Waals surface area contributed by atoms with Gasteiger partial charge in [-0.25, -0.2) is 0 Å². The summed E-state index contributed by atoms with van der Waals surface area (Å²) in [4.78, 5) is 23.5. The molecule has 0 aromatic heterocycles. The highest BCUT2D eigenvalue weighted by Gasteiger charge is 2.30. The Balaban J connectivity index is 3.32. The van der Waals surface area contributed by atoms with Crippen molar-refractivity contribution in [2.45, 2.75) is 60.3 Å². The summed E-state index contributed by atoms with van der Waals surface area (Å²) in [7, 11) is 0. The zero-order valence-corrected chi connectivity index (χ0v) is 14.2. The van der Waals surface area contributed by atoms with E-state index in [-0.39, 0.29) is 23.1 Å². The minimum atomic E-state index is -0.371. The fourth-order valence-corrected chi connectivity index (χ4v) is 2.76. The molecular formula is C18H26O3. The molecule has 0 bridgehead atoms. The van der Waals surface area contributed by atoms with Crippen LogP contribution >= 0.6 is 0 Å². The van der Waals surface area contributed by atoms with E-state index in [1.807, 2.05) is 47.6 Å². The van der Waals surface area contributed by atoms with E-state index in [1.165, 1.54) is 6.92 Å². The molecule has 0 spiro atoms. The van der Waals surface area contributed by atoms with Crippen molar-refractivity contribution in [1.29, 1.82) is 0 Å². The van der Waals surface area contributed by atoms with E-state index < -0.39 is 0 Å². The fraction of sp³-hybridized carbons (Fsp3) is 0.556. The summed E-state index contributed by atoms with van der Waals surface area (Å²) in [6.07, 6.45) is 0.433. The Kier molecular flexibility index (Phi) is 5.32. The molecule has 0 amide bonds. The molecule has 1 rings (SSSR count). The van der Waals surface area contributed by atoms with Crippen molar-refractivity contribution in [1.82, 2.24) is 0 Å². The predicted octanol–water partition coefficient (Wildman–Crippen LogP) is 4.12. The Morgan fingerprint density at radius 3 is 2.24 bits per heavy atom. The lowest BCUT2D eigenvalue weighted by atomic mass is 9.76. The number of hydrogen-bond acceptors (Lipinski definition) is 3. The van der Waals surface area contributed by atoms with E-state index >= 15 is 0 Å². The van der Waals surface area contributed by atoms with Gasteiger partial charge in [-0.2, -0.15) is 0 Å². The topological polar surface area (TPSA) is 43.4 Å². The Morgan fingerprint density at radius 1 is 1.19 bits per heavy atom. The number of carbonyl (C=O) groups is 2. The molecule has 0 aliphatic carbocycles. The van der Waals surface area contributed by atoms with Crippen molar-refractivity contribution >= 4 is 11.8 Å². The zero-order valence-electron chi connectivity index (χ0n) is 14.2. The number of rotatable bonds is 5. The maximum absolute atomic E-state index is 12.1. The highest BCUT2D eigenvalue weighted by molar-refractivity contribution is 5.82. The lowest BCUT2D eigenvalue weighted by Gasteiger charge is -2.29. The first-order valence-corrected chi connectivity index (χ1v) is 7.37. The standard InChI is InChI=1S/C18H26O3/c1-11(2)15(20)10-18(6,7)17-13(4)8-12(3)9-16(17)21-14(5)19/h8-9,11H,10H2,1-7H3. The van der Waals surface area contributed by atoms with Gasteiger partial charge < -0.3 is 4.74 Å². The van der Waals surface area contributed by atoms with Crippen molar-refractivity contribution in [3.05, 3.63) is 28.8 Å². The van der Waals surface area contributed by atoms with Gasteiger partial charge in [-0.15, -0.1) is 0 Å². The third kappa shape index (κ3) is 4.42. The van der Waals surface area contributed by atoms with Crippen molar-refractivity contribution in [2.24, 2.45) is 5.92 Å². The maximum Gasteiger partial charge on any atom is 0.308 e. The molecule has 1 aromatic rings. The van der Waals surface area contributed by atoms with Crippen LogP contribution in [-0.4, -0.2) is 11.8 Å². The number of ketones is 1. The number of benzene rings is 1. The number of hydrogen-bond donors (Lipinski definition) is 0. The van der Waals surface area contributed by atoms with Crippen LogP contribution in [0, 0.1) is 19.8 Å². The quantitative estimate of drug-likeness (QED) is 0.605. The summed E-state index contributed by atoms with van der Waals surface area (Å²) in [6.45, 7) is 13.2. The van der Waals surface area contributed by atoms with E-state index in [0.29, 0.717) is 12.2 Å². The molecule has 0 unspecified atom stereocenters. The van der Waals surface area contributed by atoms with E-state index in [2.05, 4.69) is 6.07 Å². The van der Waals surface area contributed by atoms with Crippen molar-refractivity contribution in [3.63, 3.8) is 0 Å². The molecule has 116 valence electrons. The van der Waals surface area contributed by atoms with Crippen LogP contribution in [0.1, 0.15) is 57.7 Å². The number of carbonyl (C=O) groups excluding carboxylic acids is 2. The summed E-state index contributed by atoms with van der Waals surface area (Å²) in [6, 6.07) is 3.93. The number of Topliss-reactive ketones (excluding diaryl/α,β-unsaturated/α-hetero) is 1. The highest BCUT2D eigenvalue weighted by Crippen LogP contribution is 2.38. The van der Waals surface area contributed by atoms with Gasteiger partial charge in [0, 0.05) is 30.2 Å². The van der Waals surface area contributed by atoms with Crippen LogP contribution in [0.4, 0.5) is 0 Å². The molecule has 0 heterocycles. The molecule has 0 fully saturated rings. The van der Waals surface area contributed by atoms with Gasteiger partial charge in [-0.1, -0.05) is 33.8 Å². The second-order valence-corrected chi connectivity index (χ2v) is 6.73. The average Bonchev–Trinajstić information content (AvgIpc) is 2.24. The van der Waals surface area contributed by atoms with Gasteiger partial charge in [0.05, 0.1) is 0 Å². The zero-order chi connectivity index (χ0) is 16.4. The highest BCUT2D eigenvalue weighted by atomic mass is 16.5. The minimum absolute atomic E-state index is 0.00667. The summed E-state index contributed by atoms with van der Waals surface area (Å²) in [5.41, 5.74) is 2.66. The number of aryl methyl sites for hydroxylation is 2. The maximum atomic E-state index is 12.1.